The maximum absolute atomic E-state index is 9.90. The molecule has 0 aromatic heterocycles. The molecule has 16 heavy (non-hydrogen) atoms. The standard InChI is InChI=1S/C14H21NO/c1-11(12-7-3-2-4-8-12)15-13-9-5-6-10-14(13)16/h2-4,7-8,11,13-16H,5-6,9-10H2,1H3/t11-,13+,14+/m0/s1. The predicted molar refractivity (Wildman–Crippen MR) is 66.3 cm³/mol. The van der Waals surface area contributed by atoms with Crippen LogP contribution >= 0.6 is 0 Å². The van der Waals surface area contributed by atoms with Crippen LogP contribution in [0.4, 0.5) is 0 Å². The zero-order valence-electron chi connectivity index (χ0n) is 9.89. The van der Waals surface area contributed by atoms with Gasteiger partial charge in [0.15, 0.2) is 0 Å². The maximum Gasteiger partial charge on any atom is 0.0693 e. The van der Waals surface area contributed by atoms with Crippen molar-refractivity contribution in [2.75, 3.05) is 0 Å². The first-order chi connectivity index (χ1) is 7.77. The molecule has 2 nitrogen and oxygen atoms in total. The Morgan fingerprint density at radius 3 is 2.56 bits per heavy atom. The molecule has 1 fully saturated rings. The van der Waals surface area contributed by atoms with Gasteiger partial charge in [0.2, 0.25) is 0 Å². The summed E-state index contributed by atoms with van der Waals surface area (Å²) in [4.78, 5) is 0. The van der Waals surface area contributed by atoms with Crippen LogP contribution in [0.15, 0.2) is 30.3 Å². The molecule has 0 unspecified atom stereocenters. The van der Waals surface area contributed by atoms with Gasteiger partial charge in [0, 0.05) is 12.1 Å². The highest BCUT2D eigenvalue weighted by atomic mass is 16.3. The monoisotopic (exact) mass is 219 g/mol. The van der Waals surface area contributed by atoms with Gasteiger partial charge in [-0.25, -0.2) is 0 Å². The van der Waals surface area contributed by atoms with E-state index in [4.69, 9.17) is 0 Å². The van der Waals surface area contributed by atoms with Gasteiger partial charge in [0.05, 0.1) is 6.10 Å². The van der Waals surface area contributed by atoms with Crippen LogP contribution in [-0.2, 0) is 0 Å². The molecule has 0 aliphatic heterocycles. The summed E-state index contributed by atoms with van der Waals surface area (Å²) in [5.74, 6) is 0. The van der Waals surface area contributed by atoms with Crippen LogP contribution in [0.3, 0.4) is 0 Å². The zero-order chi connectivity index (χ0) is 11.4. The number of rotatable bonds is 3. The van der Waals surface area contributed by atoms with Crippen LogP contribution in [0.2, 0.25) is 0 Å². The smallest absolute Gasteiger partial charge is 0.0693 e. The summed E-state index contributed by atoms with van der Waals surface area (Å²) in [6.07, 6.45) is 4.27. The van der Waals surface area contributed by atoms with Crippen molar-refractivity contribution in [2.45, 2.75) is 50.8 Å². The second-order valence-corrected chi connectivity index (χ2v) is 4.76. The average Bonchev–Trinajstić information content (AvgIpc) is 2.33. The first-order valence-electron chi connectivity index (χ1n) is 6.26. The molecule has 1 saturated carbocycles. The Morgan fingerprint density at radius 2 is 1.88 bits per heavy atom. The van der Waals surface area contributed by atoms with Crippen molar-refractivity contribution in [2.24, 2.45) is 0 Å². The summed E-state index contributed by atoms with van der Waals surface area (Å²) < 4.78 is 0. The number of aliphatic hydroxyl groups excluding tert-OH is 1. The molecule has 0 radical (unpaired) electrons. The Hall–Kier alpha value is -0.860. The summed E-state index contributed by atoms with van der Waals surface area (Å²) in [6.45, 7) is 2.16. The highest BCUT2D eigenvalue weighted by Crippen LogP contribution is 2.21. The molecular weight excluding hydrogens is 198 g/mol. The van der Waals surface area contributed by atoms with Gasteiger partial charge in [-0.15, -0.1) is 0 Å². The SMILES string of the molecule is C[C@H](N[C@@H]1CCCC[C@H]1O)c1ccccc1. The maximum atomic E-state index is 9.90. The van der Waals surface area contributed by atoms with Crippen molar-refractivity contribution >= 4 is 0 Å². The van der Waals surface area contributed by atoms with E-state index in [2.05, 4.69) is 36.5 Å². The summed E-state index contributed by atoms with van der Waals surface area (Å²) in [5.41, 5.74) is 1.29. The lowest BCUT2D eigenvalue weighted by Gasteiger charge is -2.31. The van der Waals surface area contributed by atoms with E-state index in [-0.39, 0.29) is 12.1 Å². The predicted octanol–water partition coefficient (Wildman–Crippen LogP) is 2.64. The minimum absolute atomic E-state index is 0.167. The topological polar surface area (TPSA) is 32.3 Å². The van der Waals surface area contributed by atoms with Gasteiger partial charge in [0.25, 0.3) is 0 Å². The summed E-state index contributed by atoms with van der Waals surface area (Å²) >= 11 is 0. The molecule has 1 aromatic rings. The Labute approximate surface area is 97.7 Å². The van der Waals surface area contributed by atoms with Gasteiger partial charge in [-0.1, -0.05) is 43.2 Å². The minimum atomic E-state index is -0.167. The summed E-state index contributed by atoms with van der Waals surface area (Å²) in [5, 5.41) is 13.4. The number of hydrogen-bond acceptors (Lipinski definition) is 2. The lowest BCUT2D eigenvalue weighted by Crippen LogP contribution is -2.43. The Kier molecular flexibility index (Phi) is 3.97. The van der Waals surface area contributed by atoms with Crippen LogP contribution in [0, 0.1) is 0 Å². The van der Waals surface area contributed by atoms with Gasteiger partial charge in [-0.2, -0.15) is 0 Å². The minimum Gasteiger partial charge on any atom is -0.392 e. The van der Waals surface area contributed by atoms with E-state index in [0.29, 0.717) is 6.04 Å². The van der Waals surface area contributed by atoms with Gasteiger partial charge >= 0.3 is 0 Å². The van der Waals surface area contributed by atoms with Crippen LogP contribution in [-0.4, -0.2) is 17.3 Å². The van der Waals surface area contributed by atoms with Gasteiger partial charge in [0.1, 0.15) is 0 Å². The van der Waals surface area contributed by atoms with Crippen LogP contribution in [0.25, 0.3) is 0 Å². The lowest BCUT2D eigenvalue weighted by molar-refractivity contribution is 0.0860. The fourth-order valence-corrected chi connectivity index (χ4v) is 2.46. The quantitative estimate of drug-likeness (QED) is 0.819. The second kappa shape index (κ2) is 5.46. The van der Waals surface area contributed by atoms with E-state index in [1.54, 1.807) is 0 Å². The number of nitrogens with one attached hydrogen (secondary N) is 1. The van der Waals surface area contributed by atoms with Gasteiger partial charge in [-0.3, -0.25) is 0 Å². The largest absolute Gasteiger partial charge is 0.392 e. The van der Waals surface area contributed by atoms with E-state index in [0.717, 1.165) is 12.8 Å². The van der Waals surface area contributed by atoms with Crippen molar-refractivity contribution in [3.05, 3.63) is 35.9 Å². The summed E-state index contributed by atoms with van der Waals surface area (Å²) in [6, 6.07) is 11.0. The van der Waals surface area contributed by atoms with E-state index in [9.17, 15) is 5.11 Å². The first-order valence-corrected chi connectivity index (χ1v) is 6.26. The van der Waals surface area contributed by atoms with E-state index in [1.165, 1.54) is 18.4 Å². The molecule has 1 aliphatic carbocycles. The van der Waals surface area contributed by atoms with Crippen LogP contribution in [0.5, 0.6) is 0 Å². The molecule has 2 heteroatoms. The molecule has 1 aromatic carbocycles. The molecule has 2 N–H and O–H groups in total. The highest BCUT2D eigenvalue weighted by molar-refractivity contribution is 5.18. The lowest BCUT2D eigenvalue weighted by atomic mass is 9.91. The van der Waals surface area contributed by atoms with E-state index >= 15 is 0 Å². The number of aliphatic hydroxyl groups is 1. The molecule has 0 amide bonds. The molecule has 2 rings (SSSR count). The van der Waals surface area contributed by atoms with Crippen molar-refractivity contribution in [1.82, 2.24) is 5.32 Å². The Balaban J connectivity index is 1.94. The molecule has 0 saturated heterocycles. The molecule has 0 bridgehead atoms. The van der Waals surface area contributed by atoms with Gasteiger partial charge < -0.3 is 10.4 Å². The molecule has 0 spiro atoms. The molecular formula is C14H21NO. The van der Waals surface area contributed by atoms with Crippen LogP contribution in [0.1, 0.15) is 44.2 Å². The zero-order valence-corrected chi connectivity index (χ0v) is 9.89. The number of hydrogen-bond donors (Lipinski definition) is 2. The van der Waals surface area contributed by atoms with E-state index < -0.39 is 0 Å². The van der Waals surface area contributed by atoms with Crippen molar-refractivity contribution in [3.63, 3.8) is 0 Å². The van der Waals surface area contributed by atoms with Crippen LogP contribution < -0.4 is 5.32 Å². The van der Waals surface area contributed by atoms with E-state index in [1.807, 2.05) is 6.07 Å². The Bertz CT molecular complexity index is 312. The average molecular weight is 219 g/mol. The fourth-order valence-electron chi connectivity index (χ4n) is 2.46. The van der Waals surface area contributed by atoms with Crippen molar-refractivity contribution in [3.8, 4) is 0 Å². The Morgan fingerprint density at radius 1 is 1.19 bits per heavy atom. The second-order valence-electron chi connectivity index (χ2n) is 4.76. The molecule has 88 valence electrons. The first kappa shape index (κ1) is 11.6. The summed E-state index contributed by atoms with van der Waals surface area (Å²) in [7, 11) is 0. The highest BCUT2D eigenvalue weighted by Gasteiger charge is 2.24. The van der Waals surface area contributed by atoms with Crippen molar-refractivity contribution < 1.29 is 5.11 Å². The van der Waals surface area contributed by atoms with Crippen molar-refractivity contribution in [1.29, 1.82) is 0 Å². The number of benzene rings is 1. The fraction of sp³-hybridized carbons (Fsp3) is 0.571. The van der Waals surface area contributed by atoms with Gasteiger partial charge in [-0.05, 0) is 25.3 Å². The third-order valence-electron chi connectivity index (χ3n) is 3.49. The molecule has 0 heterocycles. The normalized spacial score (nSPS) is 27.6. The third-order valence-corrected chi connectivity index (χ3v) is 3.49. The molecule has 3 atom stereocenters. The third kappa shape index (κ3) is 2.83. The molecule has 1 aliphatic rings.